The van der Waals surface area contributed by atoms with Crippen molar-refractivity contribution in [3.63, 3.8) is 0 Å². The van der Waals surface area contributed by atoms with Crippen molar-refractivity contribution in [2.75, 3.05) is 13.6 Å². The van der Waals surface area contributed by atoms with Crippen LogP contribution in [0.25, 0.3) is 0 Å². The molecular formula is C16H20N2O2S2. The van der Waals surface area contributed by atoms with Crippen LogP contribution in [0, 0.1) is 13.8 Å². The number of hydrogen-bond acceptors (Lipinski definition) is 4. The molecule has 0 spiro atoms. The van der Waals surface area contributed by atoms with Crippen LogP contribution in [0.3, 0.4) is 0 Å². The number of aryl methyl sites for hydroxylation is 2. The van der Waals surface area contributed by atoms with Gasteiger partial charge < -0.3 is 10.2 Å². The fourth-order valence-corrected chi connectivity index (χ4v) is 3.76. The lowest BCUT2D eigenvalue weighted by atomic mass is 10.2. The fraction of sp³-hybridized carbons (Fsp3) is 0.375. The molecule has 6 heteroatoms. The van der Waals surface area contributed by atoms with Gasteiger partial charge in [0, 0.05) is 19.6 Å². The van der Waals surface area contributed by atoms with E-state index in [0.29, 0.717) is 6.54 Å². The molecule has 0 bridgehead atoms. The molecule has 1 atom stereocenters. The second kappa shape index (κ2) is 7.07. The molecular weight excluding hydrogens is 316 g/mol. The Bertz CT molecular complexity index is 675. The number of thiophene rings is 2. The first-order chi connectivity index (χ1) is 10.4. The average Bonchev–Trinajstić information content (AvgIpc) is 3.11. The highest BCUT2D eigenvalue weighted by atomic mass is 32.1. The van der Waals surface area contributed by atoms with Gasteiger partial charge in [-0.15, -0.1) is 22.7 Å². The molecule has 2 amide bonds. The fourth-order valence-electron chi connectivity index (χ4n) is 2.02. The standard InChI is InChI=1S/C16H20N2O2S2/c1-10-5-7-21-13(10)15(19)17-9-12(3)18(4)16(20)14-11(2)6-8-22-14/h5-8,12H,9H2,1-4H3,(H,17,19)/t12-/m0/s1. The summed E-state index contributed by atoms with van der Waals surface area (Å²) in [6.07, 6.45) is 0. The van der Waals surface area contributed by atoms with Crippen LogP contribution in [0.4, 0.5) is 0 Å². The monoisotopic (exact) mass is 336 g/mol. The van der Waals surface area contributed by atoms with Gasteiger partial charge in [-0.25, -0.2) is 0 Å². The lowest BCUT2D eigenvalue weighted by Crippen LogP contribution is -2.43. The molecule has 0 aliphatic rings. The maximum atomic E-state index is 12.4. The van der Waals surface area contributed by atoms with Crippen LogP contribution < -0.4 is 5.32 Å². The van der Waals surface area contributed by atoms with Gasteiger partial charge in [-0.2, -0.15) is 0 Å². The molecule has 0 aliphatic carbocycles. The summed E-state index contributed by atoms with van der Waals surface area (Å²) in [6.45, 7) is 6.22. The molecule has 0 aliphatic heterocycles. The summed E-state index contributed by atoms with van der Waals surface area (Å²) < 4.78 is 0. The maximum Gasteiger partial charge on any atom is 0.264 e. The van der Waals surface area contributed by atoms with E-state index in [-0.39, 0.29) is 17.9 Å². The molecule has 2 rings (SSSR count). The van der Waals surface area contributed by atoms with Crippen molar-refractivity contribution < 1.29 is 9.59 Å². The minimum absolute atomic E-state index is 0.00144. The van der Waals surface area contributed by atoms with Gasteiger partial charge in [0.15, 0.2) is 0 Å². The van der Waals surface area contributed by atoms with Crippen molar-refractivity contribution in [1.82, 2.24) is 10.2 Å². The minimum atomic E-state index is -0.0764. The Morgan fingerprint density at radius 3 is 2.18 bits per heavy atom. The molecule has 22 heavy (non-hydrogen) atoms. The number of carbonyl (C=O) groups excluding carboxylic acids is 2. The second-order valence-electron chi connectivity index (χ2n) is 5.34. The number of likely N-dealkylation sites (N-methyl/N-ethyl adjacent to an activating group) is 1. The Morgan fingerprint density at radius 1 is 1.14 bits per heavy atom. The molecule has 2 heterocycles. The van der Waals surface area contributed by atoms with E-state index in [9.17, 15) is 9.59 Å². The first-order valence-corrected chi connectivity index (χ1v) is 8.81. The van der Waals surface area contributed by atoms with Gasteiger partial charge in [-0.05, 0) is 54.8 Å². The Kier molecular flexibility index (Phi) is 5.37. The van der Waals surface area contributed by atoms with Crippen molar-refractivity contribution >= 4 is 34.5 Å². The van der Waals surface area contributed by atoms with Gasteiger partial charge >= 0.3 is 0 Å². The molecule has 0 radical (unpaired) electrons. The van der Waals surface area contributed by atoms with Crippen molar-refractivity contribution in [3.05, 3.63) is 43.8 Å². The van der Waals surface area contributed by atoms with Crippen LogP contribution in [0.5, 0.6) is 0 Å². The van der Waals surface area contributed by atoms with E-state index >= 15 is 0 Å². The number of hydrogen-bond donors (Lipinski definition) is 1. The highest BCUT2D eigenvalue weighted by molar-refractivity contribution is 7.12. The van der Waals surface area contributed by atoms with Gasteiger partial charge in [-0.1, -0.05) is 0 Å². The highest BCUT2D eigenvalue weighted by Gasteiger charge is 2.21. The zero-order valence-electron chi connectivity index (χ0n) is 13.2. The van der Waals surface area contributed by atoms with E-state index in [1.807, 2.05) is 43.7 Å². The molecule has 2 aromatic rings. The lowest BCUT2D eigenvalue weighted by molar-refractivity contribution is 0.0735. The maximum absolute atomic E-state index is 12.4. The van der Waals surface area contributed by atoms with E-state index in [1.165, 1.54) is 22.7 Å². The number of nitrogens with one attached hydrogen (secondary N) is 1. The van der Waals surface area contributed by atoms with Crippen LogP contribution >= 0.6 is 22.7 Å². The summed E-state index contributed by atoms with van der Waals surface area (Å²) in [5.41, 5.74) is 1.97. The van der Waals surface area contributed by atoms with Crippen LogP contribution in [-0.2, 0) is 0 Å². The number of amides is 2. The molecule has 2 aromatic heterocycles. The van der Waals surface area contributed by atoms with Gasteiger partial charge in [0.2, 0.25) is 0 Å². The Hall–Kier alpha value is -1.66. The summed E-state index contributed by atoms with van der Waals surface area (Å²) in [6, 6.07) is 3.80. The molecule has 0 aromatic carbocycles. The van der Waals surface area contributed by atoms with E-state index in [1.54, 1.807) is 11.9 Å². The predicted octanol–water partition coefficient (Wildman–Crippen LogP) is 3.32. The van der Waals surface area contributed by atoms with Crippen LogP contribution in [0.1, 0.15) is 37.4 Å². The molecule has 118 valence electrons. The topological polar surface area (TPSA) is 49.4 Å². The molecule has 0 saturated heterocycles. The summed E-state index contributed by atoms with van der Waals surface area (Å²) in [7, 11) is 1.77. The van der Waals surface area contributed by atoms with Crippen LogP contribution in [0.2, 0.25) is 0 Å². The lowest BCUT2D eigenvalue weighted by Gasteiger charge is -2.25. The Labute approximate surface area is 138 Å². The predicted molar refractivity (Wildman–Crippen MR) is 92.0 cm³/mol. The summed E-state index contributed by atoms with van der Waals surface area (Å²) in [4.78, 5) is 27.7. The Balaban J connectivity index is 1.93. The zero-order chi connectivity index (χ0) is 16.3. The van der Waals surface area contributed by atoms with Crippen LogP contribution in [0.15, 0.2) is 22.9 Å². The van der Waals surface area contributed by atoms with Crippen molar-refractivity contribution in [3.8, 4) is 0 Å². The van der Waals surface area contributed by atoms with Crippen molar-refractivity contribution in [1.29, 1.82) is 0 Å². The van der Waals surface area contributed by atoms with Gasteiger partial charge in [0.05, 0.1) is 9.75 Å². The third-order valence-corrected chi connectivity index (χ3v) is 5.68. The first kappa shape index (κ1) is 16.7. The van der Waals surface area contributed by atoms with E-state index in [2.05, 4.69) is 5.32 Å². The largest absolute Gasteiger partial charge is 0.349 e. The van der Waals surface area contributed by atoms with E-state index in [4.69, 9.17) is 0 Å². The molecule has 0 saturated carbocycles. The molecule has 0 unspecified atom stereocenters. The van der Waals surface area contributed by atoms with E-state index < -0.39 is 0 Å². The van der Waals surface area contributed by atoms with Gasteiger partial charge in [0.1, 0.15) is 0 Å². The first-order valence-electron chi connectivity index (χ1n) is 7.05. The molecule has 0 fully saturated rings. The van der Waals surface area contributed by atoms with Gasteiger partial charge in [-0.3, -0.25) is 9.59 Å². The smallest absolute Gasteiger partial charge is 0.264 e. The molecule has 4 nitrogen and oxygen atoms in total. The summed E-state index contributed by atoms with van der Waals surface area (Å²) >= 11 is 2.88. The minimum Gasteiger partial charge on any atom is -0.349 e. The zero-order valence-corrected chi connectivity index (χ0v) is 14.8. The third-order valence-electron chi connectivity index (χ3n) is 3.66. The quantitative estimate of drug-likeness (QED) is 0.910. The van der Waals surface area contributed by atoms with Crippen molar-refractivity contribution in [2.45, 2.75) is 26.8 Å². The number of carbonyl (C=O) groups is 2. The molecule has 1 N–H and O–H groups in total. The second-order valence-corrected chi connectivity index (χ2v) is 7.17. The summed E-state index contributed by atoms with van der Waals surface area (Å²) in [5.74, 6) is -0.0749. The average molecular weight is 336 g/mol. The summed E-state index contributed by atoms with van der Waals surface area (Å²) in [5, 5.41) is 6.73. The van der Waals surface area contributed by atoms with Gasteiger partial charge in [0.25, 0.3) is 11.8 Å². The SMILES string of the molecule is Cc1ccsc1C(=O)NC[C@H](C)N(C)C(=O)c1sccc1C. The van der Waals surface area contributed by atoms with E-state index in [0.717, 1.165) is 20.9 Å². The normalized spacial score (nSPS) is 12.0. The van der Waals surface area contributed by atoms with Crippen molar-refractivity contribution in [2.24, 2.45) is 0 Å². The highest BCUT2D eigenvalue weighted by Crippen LogP contribution is 2.18. The number of rotatable bonds is 5. The number of nitrogens with zero attached hydrogens (tertiary/aromatic N) is 1. The Morgan fingerprint density at radius 2 is 1.68 bits per heavy atom. The van der Waals surface area contributed by atoms with Crippen LogP contribution in [-0.4, -0.2) is 36.3 Å². The third kappa shape index (κ3) is 3.56.